The zero-order chi connectivity index (χ0) is 15.0. The number of hydrogen-bond acceptors (Lipinski definition) is 5. The van der Waals surface area contributed by atoms with Gasteiger partial charge in [-0.05, 0) is 44.2 Å². The molecule has 0 saturated heterocycles. The first-order chi connectivity index (χ1) is 10.0. The van der Waals surface area contributed by atoms with Gasteiger partial charge in [-0.3, -0.25) is 4.98 Å². The quantitative estimate of drug-likeness (QED) is 0.716. The maximum atomic E-state index is 5.96. The third kappa shape index (κ3) is 2.80. The van der Waals surface area contributed by atoms with Crippen molar-refractivity contribution >= 4 is 21.6 Å². The molecule has 2 heterocycles. The number of hydrogen-bond donors (Lipinski definition) is 1. The third-order valence-electron chi connectivity index (χ3n) is 3.01. The summed E-state index contributed by atoms with van der Waals surface area (Å²) in [7, 11) is 0. The van der Waals surface area contributed by atoms with E-state index in [1.807, 2.05) is 38.1 Å². The van der Waals surface area contributed by atoms with Crippen LogP contribution in [0.15, 0.2) is 39.3 Å². The van der Waals surface area contributed by atoms with E-state index < -0.39 is 0 Å². The van der Waals surface area contributed by atoms with Gasteiger partial charge in [0.2, 0.25) is 5.82 Å². The van der Waals surface area contributed by atoms with E-state index in [4.69, 9.17) is 10.3 Å². The van der Waals surface area contributed by atoms with Crippen molar-refractivity contribution in [2.45, 2.75) is 13.8 Å². The first-order valence-electron chi connectivity index (χ1n) is 6.38. The van der Waals surface area contributed by atoms with Gasteiger partial charge in [-0.15, -0.1) is 0 Å². The molecule has 6 heteroatoms. The first-order valence-corrected chi connectivity index (χ1v) is 7.17. The van der Waals surface area contributed by atoms with Crippen molar-refractivity contribution in [3.05, 3.63) is 46.2 Å². The lowest BCUT2D eigenvalue weighted by Gasteiger charge is -2.01. The topological polar surface area (TPSA) is 77.8 Å². The van der Waals surface area contributed by atoms with Gasteiger partial charge >= 0.3 is 0 Å². The monoisotopic (exact) mass is 344 g/mol. The van der Waals surface area contributed by atoms with E-state index in [2.05, 4.69) is 31.1 Å². The van der Waals surface area contributed by atoms with Crippen LogP contribution >= 0.6 is 15.9 Å². The SMILES string of the molecule is Cc1cc(-c2noc(-c3cc(Br)ccc3N)n2)cc(C)n1. The minimum atomic E-state index is 0.399. The highest BCUT2D eigenvalue weighted by atomic mass is 79.9. The molecule has 0 amide bonds. The molecule has 2 aromatic heterocycles. The molecule has 5 nitrogen and oxygen atoms in total. The minimum Gasteiger partial charge on any atom is -0.398 e. The van der Waals surface area contributed by atoms with Gasteiger partial charge in [0.1, 0.15) is 0 Å². The molecule has 0 spiro atoms. The zero-order valence-electron chi connectivity index (χ0n) is 11.6. The highest BCUT2D eigenvalue weighted by Gasteiger charge is 2.14. The fraction of sp³-hybridized carbons (Fsp3) is 0.133. The molecule has 3 aromatic rings. The zero-order valence-corrected chi connectivity index (χ0v) is 13.2. The van der Waals surface area contributed by atoms with Crippen LogP contribution in [0.4, 0.5) is 5.69 Å². The number of anilines is 1. The number of halogens is 1. The Morgan fingerprint density at radius 1 is 1.05 bits per heavy atom. The Hall–Kier alpha value is -2.21. The van der Waals surface area contributed by atoms with Crippen molar-refractivity contribution in [3.63, 3.8) is 0 Å². The second-order valence-electron chi connectivity index (χ2n) is 4.79. The van der Waals surface area contributed by atoms with Gasteiger partial charge in [0, 0.05) is 27.1 Å². The number of aromatic nitrogens is 3. The molecule has 0 aliphatic heterocycles. The smallest absolute Gasteiger partial charge is 0.260 e. The second kappa shape index (κ2) is 5.29. The van der Waals surface area contributed by atoms with Gasteiger partial charge in [0.15, 0.2) is 0 Å². The van der Waals surface area contributed by atoms with E-state index in [-0.39, 0.29) is 0 Å². The average molecular weight is 345 g/mol. The summed E-state index contributed by atoms with van der Waals surface area (Å²) in [6.45, 7) is 3.87. The fourth-order valence-electron chi connectivity index (χ4n) is 2.13. The molecule has 0 fully saturated rings. The Kier molecular flexibility index (Phi) is 3.47. The number of pyridine rings is 1. The molecular weight excluding hydrogens is 332 g/mol. The van der Waals surface area contributed by atoms with Crippen molar-refractivity contribution in [3.8, 4) is 22.8 Å². The van der Waals surface area contributed by atoms with Gasteiger partial charge < -0.3 is 10.3 Å². The molecule has 0 aliphatic carbocycles. The molecule has 0 saturated carbocycles. The molecule has 2 N–H and O–H groups in total. The molecule has 0 atom stereocenters. The van der Waals surface area contributed by atoms with Crippen LogP contribution in [0.1, 0.15) is 11.4 Å². The van der Waals surface area contributed by atoms with E-state index in [1.54, 1.807) is 6.07 Å². The van der Waals surface area contributed by atoms with Gasteiger partial charge in [-0.1, -0.05) is 21.1 Å². The van der Waals surface area contributed by atoms with Crippen LogP contribution in [0.25, 0.3) is 22.8 Å². The lowest BCUT2D eigenvalue weighted by molar-refractivity contribution is 0.432. The molecular formula is C15H13BrN4O. The lowest BCUT2D eigenvalue weighted by atomic mass is 10.1. The molecule has 106 valence electrons. The number of nitrogen functional groups attached to an aromatic ring is 1. The highest BCUT2D eigenvalue weighted by Crippen LogP contribution is 2.29. The van der Waals surface area contributed by atoms with E-state index in [9.17, 15) is 0 Å². The summed E-state index contributed by atoms with van der Waals surface area (Å²) >= 11 is 3.41. The van der Waals surface area contributed by atoms with Crippen molar-refractivity contribution in [2.24, 2.45) is 0 Å². The summed E-state index contributed by atoms with van der Waals surface area (Å²) in [5.74, 6) is 0.925. The summed E-state index contributed by atoms with van der Waals surface area (Å²) in [5, 5.41) is 4.03. The second-order valence-corrected chi connectivity index (χ2v) is 5.71. The van der Waals surface area contributed by atoms with Crippen LogP contribution in [0.5, 0.6) is 0 Å². The molecule has 21 heavy (non-hydrogen) atoms. The van der Waals surface area contributed by atoms with E-state index in [0.29, 0.717) is 23.0 Å². The summed E-state index contributed by atoms with van der Waals surface area (Å²) in [4.78, 5) is 8.77. The molecule has 0 radical (unpaired) electrons. The third-order valence-corrected chi connectivity index (χ3v) is 3.50. The largest absolute Gasteiger partial charge is 0.398 e. The Morgan fingerprint density at radius 2 is 1.76 bits per heavy atom. The van der Waals surface area contributed by atoms with Crippen LogP contribution in [0, 0.1) is 13.8 Å². The Bertz CT molecular complexity index is 793. The van der Waals surface area contributed by atoms with Crippen molar-refractivity contribution < 1.29 is 4.52 Å². The van der Waals surface area contributed by atoms with Crippen LogP contribution in [-0.4, -0.2) is 15.1 Å². The van der Waals surface area contributed by atoms with E-state index in [1.165, 1.54) is 0 Å². The van der Waals surface area contributed by atoms with Crippen molar-refractivity contribution in [2.75, 3.05) is 5.73 Å². The maximum Gasteiger partial charge on any atom is 0.260 e. The molecule has 0 bridgehead atoms. The number of nitrogens with two attached hydrogens (primary N) is 1. The minimum absolute atomic E-state index is 0.399. The van der Waals surface area contributed by atoms with Crippen LogP contribution in [0.3, 0.4) is 0 Å². The predicted molar refractivity (Wildman–Crippen MR) is 84.6 cm³/mol. The van der Waals surface area contributed by atoms with E-state index in [0.717, 1.165) is 21.4 Å². The summed E-state index contributed by atoms with van der Waals surface area (Å²) < 4.78 is 6.24. The normalized spacial score (nSPS) is 10.8. The van der Waals surface area contributed by atoms with Crippen molar-refractivity contribution in [1.82, 2.24) is 15.1 Å². The maximum absolute atomic E-state index is 5.96. The average Bonchev–Trinajstić information content (AvgIpc) is 2.90. The lowest BCUT2D eigenvalue weighted by Crippen LogP contribution is -1.91. The predicted octanol–water partition coefficient (Wildman–Crippen LogP) is 3.76. The highest BCUT2D eigenvalue weighted by molar-refractivity contribution is 9.10. The van der Waals surface area contributed by atoms with Crippen molar-refractivity contribution in [1.29, 1.82) is 0 Å². The number of nitrogens with zero attached hydrogens (tertiary/aromatic N) is 3. The number of rotatable bonds is 2. The number of aryl methyl sites for hydroxylation is 2. The molecule has 3 rings (SSSR count). The van der Waals surface area contributed by atoms with Crippen LogP contribution in [-0.2, 0) is 0 Å². The Balaban J connectivity index is 2.05. The van der Waals surface area contributed by atoms with Gasteiger partial charge in [-0.2, -0.15) is 4.98 Å². The summed E-state index contributed by atoms with van der Waals surface area (Å²) in [5.41, 5.74) is 9.97. The van der Waals surface area contributed by atoms with E-state index >= 15 is 0 Å². The fourth-order valence-corrected chi connectivity index (χ4v) is 2.49. The summed E-state index contributed by atoms with van der Waals surface area (Å²) in [6.07, 6.45) is 0. The number of benzene rings is 1. The van der Waals surface area contributed by atoms with Crippen LogP contribution < -0.4 is 5.73 Å². The first kappa shape index (κ1) is 13.8. The molecule has 0 unspecified atom stereocenters. The molecule has 0 aliphatic rings. The van der Waals surface area contributed by atoms with Crippen LogP contribution in [0.2, 0.25) is 0 Å². The summed E-state index contributed by atoms with van der Waals surface area (Å²) in [6, 6.07) is 9.36. The van der Waals surface area contributed by atoms with Gasteiger partial charge in [-0.25, -0.2) is 0 Å². The van der Waals surface area contributed by atoms with Gasteiger partial charge in [0.25, 0.3) is 5.89 Å². The Morgan fingerprint density at radius 3 is 2.48 bits per heavy atom. The molecule has 1 aromatic carbocycles. The standard InChI is InChI=1S/C15H13BrN4O/c1-8-5-10(6-9(2)18-8)14-19-15(21-20-14)12-7-11(16)3-4-13(12)17/h3-7H,17H2,1-2H3. The Labute approximate surface area is 130 Å². The van der Waals surface area contributed by atoms with Gasteiger partial charge in [0.05, 0.1) is 5.56 Å².